The van der Waals surface area contributed by atoms with Crippen molar-refractivity contribution in [2.45, 2.75) is 32.8 Å². The summed E-state index contributed by atoms with van der Waals surface area (Å²) in [4.78, 5) is 23.3. The van der Waals surface area contributed by atoms with E-state index in [-0.39, 0.29) is 0 Å². The summed E-state index contributed by atoms with van der Waals surface area (Å²) in [5.41, 5.74) is 2.67. The van der Waals surface area contributed by atoms with Crippen molar-refractivity contribution < 1.29 is 19.1 Å². The molecule has 1 heterocycles. The van der Waals surface area contributed by atoms with Crippen molar-refractivity contribution >= 4 is 12.0 Å². The Balaban J connectivity index is 1.93. The number of fused-ring (bicyclic) bond motifs is 1. The summed E-state index contributed by atoms with van der Waals surface area (Å²) < 4.78 is 10.2. The Morgan fingerprint density at radius 1 is 1.35 bits per heavy atom. The number of ether oxygens (including phenoxy) is 2. The van der Waals surface area contributed by atoms with Gasteiger partial charge >= 0.3 is 6.09 Å². The van der Waals surface area contributed by atoms with Crippen molar-refractivity contribution in [3.05, 3.63) is 34.9 Å². The Labute approximate surface area is 118 Å². The summed E-state index contributed by atoms with van der Waals surface area (Å²) in [5, 5.41) is 2.23. The molecule has 1 N–H and O–H groups in total. The number of rotatable bonds is 4. The number of nitrogens with one attached hydrogen (secondary N) is 1. The second kappa shape index (κ2) is 7.05. The van der Waals surface area contributed by atoms with Crippen LogP contribution in [-0.2, 0) is 22.5 Å². The summed E-state index contributed by atoms with van der Waals surface area (Å²) >= 11 is 0. The van der Waals surface area contributed by atoms with Gasteiger partial charge in [0.05, 0.1) is 19.8 Å². The molecule has 0 aliphatic carbocycles. The Hall–Kier alpha value is -1.88. The van der Waals surface area contributed by atoms with Gasteiger partial charge in [0, 0.05) is 5.56 Å². The maximum absolute atomic E-state index is 11.9. The molecule has 0 spiro atoms. The van der Waals surface area contributed by atoms with Gasteiger partial charge in [-0.15, -0.1) is 0 Å². The van der Waals surface area contributed by atoms with Gasteiger partial charge in [0.15, 0.2) is 0 Å². The van der Waals surface area contributed by atoms with E-state index in [1.807, 2.05) is 19.1 Å². The zero-order chi connectivity index (χ0) is 14.4. The second-order valence-corrected chi connectivity index (χ2v) is 4.73. The first kappa shape index (κ1) is 14.5. The highest BCUT2D eigenvalue weighted by Crippen LogP contribution is 2.18. The van der Waals surface area contributed by atoms with Crippen molar-refractivity contribution in [1.82, 2.24) is 5.32 Å². The Bertz CT molecular complexity index is 499. The highest BCUT2D eigenvalue weighted by atomic mass is 16.5. The van der Waals surface area contributed by atoms with Crippen LogP contribution in [0, 0.1) is 0 Å². The number of hydrogen-bond donors (Lipinski definition) is 1. The number of benzene rings is 1. The molecular weight excluding hydrogens is 258 g/mol. The number of imide groups is 1. The molecule has 0 saturated carbocycles. The van der Waals surface area contributed by atoms with E-state index in [0.29, 0.717) is 25.4 Å². The number of carbonyl (C=O) groups excluding carboxylic acids is 2. The SMILES string of the molecule is CCCCOC(=O)NC(=O)c1ccc2c(c1)CCOC2. The fraction of sp³-hybridized carbons (Fsp3) is 0.467. The number of alkyl carbamates (subject to hydrolysis) is 1. The third-order valence-corrected chi connectivity index (χ3v) is 3.19. The minimum absolute atomic E-state index is 0.330. The van der Waals surface area contributed by atoms with Crippen LogP contribution >= 0.6 is 0 Å². The van der Waals surface area contributed by atoms with Gasteiger partial charge in [-0.25, -0.2) is 4.79 Å². The number of unbranched alkanes of at least 4 members (excludes halogenated alkanes) is 1. The zero-order valence-electron chi connectivity index (χ0n) is 11.6. The summed E-state index contributed by atoms with van der Waals surface area (Å²) in [6, 6.07) is 5.38. The third-order valence-electron chi connectivity index (χ3n) is 3.19. The fourth-order valence-electron chi connectivity index (χ4n) is 2.02. The van der Waals surface area contributed by atoms with E-state index in [1.54, 1.807) is 6.07 Å². The molecule has 2 amide bonds. The van der Waals surface area contributed by atoms with Crippen molar-refractivity contribution in [3.8, 4) is 0 Å². The van der Waals surface area contributed by atoms with Crippen molar-refractivity contribution in [2.75, 3.05) is 13.2 Å². The van der Waals surface area contributed by atoms with Crippen LogP contribution in [0.1, 0.15) is 41.3 Å². The van der Waals surface area contributed by atoms with Crippen molar-refractivity contribution in [1.29, 1.82) is 0 Å². The van der Waals surface area contributed by atoms with Gasteiger partial charge in [0.25, 0.3) is 5.91 Å². The Kier molecular flexibility index (Phi) is 5.12. The van der Waals surface area contributed by atoms with E-state index in [2.05, 4.69) is 5.32 Å². The molecule has 0 aromatic heterocycles. The fourth-order valence-corrected chi connectivity index (χ4v) is 2.02. The van der Waals surface area contributed by atoms with Gasteiger partial charge in [0.1, 0.15) is 0 Å². The first-order chi connectivity index (χ1) is 9.70. The monoisotopic (exact) mass is 277 g/mol. The van der Waals surface area contributed by atoms with Crippen molar-refractivity contribution in [2.24, 2.45) is 0 Å². The maximum Gasteiger partial charge on any atom is 0.414 e. The van der Waals surface area contributed by atoms with Crippen molar-refractivity contribution in [3.63, 3.8) is 0 Å². The largest absolute Gasteiger partial charge is 0.449 e. The average molecular weight is 277 g/mol. The molecule has 0 fully saturated rings. The van der Waals surface area contributed by atoms with Gasteiger partial charge in [-0.1, -0.05) is 19.4 Å². The lowest BCUT2D eigenvalue weighted by atomic mass is 10.00. The lowest BCUT2D eigenvalue weighted by Crippen LogP contribution is -2.31. The number of carbonyl (C=O) groups is 2. The Morgan fingerprint density at radius 2 is 2.20 bits per heavy atom. The van der Waals surface area contributed by atoms with E-state index in [0.717, 1.165) is 30.4 Å². The molecule has 1 aliphatic rings. The second-order valence-electron chi connectivity index (χ2n) is 4.73. The summed E-state index contributed by atoms with van der Waals surface area (Å²) in [5.74, 6) is -0.430. The van der Waals surface area contributed by atoms with Crippen LogP contribution in [0.25, 0.3) is 0 Å². The molecule has 5 heteroatoms. The van der Waals surface area contributed by atoms with Crippen LogP contribution in [0.15, 0.2) is 18.2 Å². The minimum atomic E-state index is -0.690. The van der Waals surface area contributed by atoms with Crippen LogP contribution in [0.5, 0.6) is 0 Å². The van der Waals surface area contributed by atoms with E-state index in [4.69, 9.17) is 9.47 Å². The molecule has 1 aromatic rings. The Morgan fingerprint density at radius 3 is 3.00 bits per heavy atom. The summed E-state index contributed by atoms with van der Waals surface area (Å²) in [6.45, 7) is 3.58. The maximum atomic E-state index is 11.9. The molecule has 20 heavy (non-hydrogen) atoms. The van der Waals surface area contributed by atoms with Crippen LogP contribution in [-0.4, -0.2) is 25.2 Å². The topological polar surface area (TPSA) is 64.6 Å². The predicted octanol–water partition coefficient (Wildman–Crippen LogP) is 2.43. The quantitative estimate of drug-likeness (QED) is 0.858. The molecule has 108 valence electrons. The molecule has 5 nitrogen and oxygen atoms in total. The molecule has 0 unspecified atom stereocenters. The molecule has 0 radical (unpaired) electrons. The predicted molar refractivity (Wildman–Crippen MR) is 73.5 cm³/mol. The zero-order valence-corrected chi connectivity index (χ0v) is 11.6. The lowest BCUT2D eigenvalue weighted by Gasteiger charge is -2.17. The third kappa shape index (κ3) is 3.81. The first-order valence-corrected chi connectivity index (χ1v) is 6.88. The molecule has 0 saturated heterocycles. The molecule has 0 bridgehead atoms. The molecule has 1 aliphatic heterocycles. The van der Waals surface area contributed by atoms with E-state index < -0.39 is 12.0 Å². The van der Waals surface area contributed by atoms with Crippen LogP contribution in [0.4, 0.5) is 4.79 Å². The molecule has 2 rings (SSSR count). The summed E-state index contributed by atoms with van der Waals surface area (Å²) in [7, 11) is 0. The number of amides is 2. The van der Waals surface area contributed by atoms with Gasteiger partial charge in [-0.3, -0.25) is 10.1 Å². The minimum Gasteiger partial charge on any atom is -0.449 e. The molecule has 0 atom stereocenters. The van der Waals surface area contributed by atoms with E-state index in [9.17, 15) is 9.59 Å². The summed E-state index contributed by atoms with van der Waals surface area (Å²) in [6.07, 6.45) is 1.83. The highest BCUT2D eigenvalue weighted by Gasteiger charge is 2.15. The standard InChI is InChI=1S/C15H19NO4/c1-2-3-7-20-15(18)16-14(17)12-4-5-13-10-19-8-6-11(13)9-12/h4-5,9H,2-3,6-8,10H2,1H3,(H,16,17,18). The van der Waals surface area contributed by atoms with Gasteiger partial charge in [0.2, 0.25) is 0 Å². The van der Waals surface area contributed by atoms with Crippen LogP contribution in [0.3, 0.4) is 0 Å². The molecular formula is C15H19NO4. The smallest absolute Gasteiger partial charge is 0.414 e. The van der Waals surface area contributed by atoms with E-state index in [1.165, 1.54) is 0 Å². The van der Waals surface area contributed by atoms with Crippen LogP contribution in [0.2, 0.25) is 0 Å². The number of hydrogen-bond acceptors (Lipinski definition) is 4. The van der Waals surface area contributed by atoms with Gasteiger partial charge in [-0.05, 0) is 36.1 Å². The van der Waals surface area contributed by atoms with Crippen LogP contribution < -0.4 is 5.32 Å². The lowest BCUT2D eigenvalue weighted by molar-refractivity contribution is 0.0917. The van der Waals surface area contributed by atoms with Gasteiger partial charge in [-0.2, -0.15) is 0 Å². The van der Waals surface area contributed by atoms with E-state index >= 15 is 0 Å². The first-order valence-electron chi connectivity index (χ1n) is 6.88. The van der Waals surface area contributed by atoms with Gasteiger partial charge < -0.3 is 9.47 Å². The highest BCUT2D eigenvalue weighted by molar-refractivity contribution is 6.03. The average Bonchev–Trinajstić information content (AvgIpc) is 2.47. The normalized spacial score (nSPS) is 13.4. The molecule has 1 aromatic carbocycles.